The van der Waals surface area contributed by atoms with Gasteiger partial charge in [-0.3, -0.25) is 4.98 Å². The van der Waals surface area contributed by atoms with E-state index in [0.29, 0.717) is 10.2 Å². The van der Waals surface area contributed by atoms with Crippen LogP contribution in [0.3, 0.4) is 0 Å². The number of hydrogen-bond acceptors (Lipinski definition) is 2. The Labute approximate surface area is 127 Å². The minimum atomic E-state index is -4.74. The van der Waals surface area contributed by atoms with Crippen LogP contribution in [-0.2, 0) is 6.18 Å². The van der Waals surface area contributed by atoms with Crippen LogP contribution in [0.15, 0.2) is 41.0 Å². The molecule has 112 valence electrons. The monoisotopic (exact) mass is 362 g/mol. The summed E-state index contributed by atoms with van der Waals surface area (Å²) in [5, 5.41) is 2.89. The van der Waals surface area contributed by atoms with Gasteiger partial charge in [0.2, 0.25) is 0 Å². The molecule has 1 heterocycles. The van der Waals surface area contributed by atoms with E-state index < -0.39 is 23.6 Å². The summed E-state index contributed by atoms with van der Waals surface area (Å²) in [4.78, 5) is 4.16. The number of benzene rings is 1. The van der Waals surface area contributed by atoms with E-state index in [-0.39, 0.29) is 5.56 Å². The lowest BCUT2D eigenvalue weighted by Gasteiger charge is -2.19. The molecule has 1 aromatic heterocycles. The van der Waals surface area contributed by atoms with Gasteiger partial charge in [-0.15, -0.1) is 0 Å². The van der Waals surface area contributed by atoms with E-state index in [1.165, 1.54) is 6.07 Å². The predicted molar refractivity (Wildman–Crippen MR) is 74.2 cm³/mol. The Kier molecular flexibility index (Phi) is 4.63. The van der Waals surface area contributed by atoms with Crippen LogP contribution < -0.4 is 5.32 Å². The van der Waals surface area contributed by atoms with Gasteiger partial charge in [0.25, 0.3) is 0 Å². The fraction of sp³-hybridized carbons (Fsp3) is 0.214. The van der Waals surface area contributed by atoms with Gasteiger partial charge in [0, 0.05) is 10.7 Å². The van der Waals surface area contributed by atoms with E-state index >= 15 is 0 Å². The molecule has 7 heteroatoms. The molecule has 0 radical (unpaired) electrons. The van der Waals surface area contributed by atoms with Crippen molar-refractivity contribution < 1.29 is 17.6 Å². The van der Waals surface area contributed by atoms with Crippen LogP contribution >= 0.6 is 15.9 Å². The lowest BCUT2D eigenvalue weighted by molar-refractivity contribution is -0.140. The van der Waals surface area contributed by atoms with E-state index in [9.17, 15) is 17.6 Å². The third-order valence-corrected chi connectivity index (χ3v) is 3.65. The fourth-order valence-corrected chi connectivity index (χ4v) is 2.50. The van der Waals surface area contributed by atoms with E-state index in [2.05, 4.69) is 26.2 Å². The predicted octanol–water partition coefficient (Wildman–Crippen LogP) is 4.31. The van der Waals surface area contributed by atoms with Crippen LogP contribution in [0.1, 0.15) is 22.9 Å². The standard InChI is InChI=1S/C14H11BrF4N2/c1-20-12(13-10(15)3-2-6-21-13)8-4-5-11(16)9(7-8)14(17,18)19/h2-7,12,20H,1H3. The summed E-state index contributed by atoms with van der Waals surface area (Å²) < 4.78 is 52.4. The number of nitrogens with zero attached hydrogens (tertiary/aromatic N) is 1. The molecule has 2 aromatic rings. The molecule has 0 aliphatic heterocycles. The highest BCUT2D eigenvalue weighted by molar-refractivity contribution is 9.10. The molecular weight excluding hydrogens is 352 g/mol. The Bertz CT molecular complexity index is 643. The molecule has 21 heavy (non-hydrogen) atoms. The Balaban J connectivity index is 2.52. The molecule has 0 bridgehead atoms. The topological polar surface area (TPSA) is 24.9 Å². The minimum Gasteiger partial charge on any atom is -0.308 e. The number of halogens is 5. The molecule has 0 fully saturated rings. The summed E-state index contributed by atoms with van der Waals surface area (Å²) in [7, 11) is 1.60. The third-order valence-electron chi connectivity index (χ3n) is 2.98. The van der Waals surface area contributed by atoms with Crippen LogP contribution in [0, 0.1) is 5.82 Å². The van der Waals surface area contributed by atoms with Gasteiger partial charge < -0.3 is 5.32 Å². The van der Waals surface area contributed by atoms with Gasteiger partial charge in [0.1, 0.15) is 5.82 Å². The smallest absolute Gasteiger partial charge is 0.308 e. The van der Waals surface area contributed by atoms with Gasteiger partial charge in [-0.25, -0.2) is 4.39 Å². The molecule has 2 rings (SSSR count). The van der Waals surface area contributed by atoms with Gasteiger partial charge in [-0.2, -0.15) is 13.2 Å². The van der Waals surface area contributed by atoms with Crippen molar-refractivity contribution in [3.05, 3.63) is 63.6 Å². The summed E-state index contributed by atoms with van der Waals surface area (Å²) in [6.07, 6.45) is -3.20. The molecule has 1 atom stereocenters. The number of hydrogen-bond donors (Lipinski definition) is 1. The first-order chi connectivity index (χ1) is 9.84. The van der Waals surface area contributed by atoms with Crippen molar-refractivity contribution >= 4 is 15.9 Å². The zero-order valence-electron chi connectivity index (χ0n) is 10.9. The average molecular weight is 363 g/mol. The van der Waals surface area contributed by atoms with Crippen LogP contribution in [0.25, 0.3) is 0 Å². The summed E-state index contributed by atoms with van der Waals surface area (Å²) in [5.74, 6) is -1.29. The Morgan fingerprint density at radius 2 is 1.95 bits per heavy atom. The normalized spacial score (nSPS) is 13.2. The van der Waals surface area contributed by atoms with Crippen molar-refractivity contribution in [3.63, 3.8) is 0 Å². The molecular formula is C14H11BrF4N2. The first-order valence-electron chi connectivity index (χ1n) is 5.99. The Hall–Kier alpha value is -1.47. The van der Waals surface area contributed by atoms with Gasteiger partial charge >= 0.3 is 6.18 Å². The van der Waals surface area contributed by atoms with Crippen molar-refractivity contribution in [1.82, 2.24) is 10.3 Å². The Morgan fingerprint density at radius 3 is 2.52 bits per heavy atom. The maximum Gasteiger partial charge on any atom is 0.419 e. The highest BCUT2D eigenvalue weighted by Gasteiger charge is 2.35. The second-order valence-electron chi connectivity index (χ2n) is 4.33. The molecule has 1 aromatic carbocycles. The quantitative estimate of drug-likeness (QED) is 0.823. The molecule has 0 spiro atoms. The second-order valence-corrected chi connectivity index (χ2v) is 5.18. The summed E-state index contributed by atoms with van der Waals surface area (Å²) >= 11 is 3.31. The van der Waals surface area contributed by atoms with Crippen molar-refractivity contribution in [2.24, 2.45) is 0 Å². The average Bonchev–Trinajstić information content (AvgIpc) is 2.42. The van der Waals surface area contributed by atoms with Crippen LogP contribution in [0.4, 0.5) is 17.6 Å². The summed E-state index contributed by atoms with van der Waals surface area (Å²) in [5.41, 5.74) is -0.474. The highest BCUT2D eigenvalue weighted by atomic mass is 79.9. The third kappa shape index (κ3) is 3.41. The molecule has 0 saturated carbocycles. The SMILES string of the molecule is CNC(c1ccc(F)c(C(F)(F)F)c1)c1ncccc1Br. The molecule has 1 N–H and O–H groups in total. The molecule has 0 amide bonds. The summed E-state index contributed by atoms with van der Waals surface area (Å²) in [6, 6.07) is 5.79. The minimum absolute atomic E-state index is 0.283. The molecule has 0 aliphatic rings. The van der Waals surface area contributed by atoms with Crippen molar-refractivity contribution in [3.8, 4) is 0 Å². The summed E-state index contributed by atoms with van der Waals surface area (Å²) in [6.45, 7) is 0. The number of rotatable bonds is 3. The maximum atomic E-state index is 13.3. The van der Waals surface area contributed by atoms with Gasteiger partial charge in [-0.05, 0) is 52.8 Å². The molecule has 1 unspecified atom stereocenters. The Morgan fingerprint density at radius 1 is 1.24 bits per heavy atom. The van der Waals surface area contributed by atoms with Gasteiger partial charge in [0.15, 0.2) is 0 Å². The van der Waals surface area contributed by atoms with Crippen molar-refractivity contribution in [2.45, 2.75) is 12.2 Å². The number of alkyl halides is 3. The van der Waals surface area contributed by atoms with E-state index in [0.717, 1.165) is 12.1 Å². The van der Waals surface area contributed by atoms with Crippen LogP contribution in [0.2, 0.25) is 0 Å². The van der Waals surface area contributed by atoms with Gasteiger partial charge in [0.05, 0.1) is 17.3 Å². The number of aromatic nitrogens is 1. The molecule has 2 nitrogen and oxygen atoms in total. The first kappa shape index (κ1) is 15.9. The first-order valence-corrected chi connectivity index (χ1v) is 6.78. The second kappa shape index (κ2) is 6.11. The van der Waals surface area contributed by atoms with Crippen LogP contribution in [-0.4, -0.2) is 12.0 Å². The molecule has 0 saturated heterocycles. The number of nitrogens with one attached hydrogen (secondary N) is 1. The lowest BCUT2D eigenvalue weighted by Crippen LogP contribution is -2.20. The van der Waals surface area contributed by atoms with Crippen LogP contribution in [0.5, 0.6) is 0 Å². The fourth-order valence-electron chi connectivity index (χ4n) is 2.01. The largest absolute Gasteiger partial charge is 0.419 e. The van der Waals surface area contributed by atoms with E-state index in [1.54, 1.807) is 25.4 Å². The highest BCUT2D eigenvalue weighted by Crippen LogP contribution is 2.34. The zero-order chi connectivity index (χ0) is 15.6. The van der Waals surface area contributed by atoms with Gasteiger partial charge in [-0.1, -0.05) is 6.07 Å². The van der Waals surface area contributed by atoms with E-state index in [4.69, 9.17) is 0 Å². The van der Waals surface area contributed by atoms with Crippen molar-refractivity contribution in [2.75, 3.05) is 7.05 Å². The number of pyridine rings is 1. The maximum absolute atomic E-state index is 13.3. The van der Waals surface area contributed by atoms with Crippen molar-refractivity contribution in [1.29, 1.82) is 0 Å². The lowest BCUT2D eigenvalue weighted by atomic mass is 10.0. The zero-order valence-corrected chi connectivity index (χ0v) is 12.5. The molecule has 0 aliphatic carbocycles. The van der Waals surface area contributed by atoms with E-state index in [1.807, 2.05) is 0 Å².